The number of hydrogen-bond acceptors (Lipinski definition) is 5. The highest BCUT2D eigenvalue weighted by atomic mass is 32.2. The largest absolute Gasteiger partial charge is 0.438 e. The third-order valence-corrected chi connectivity index (χ3v) is 5.60. The van der Waals surface area contributed by atoms with Crippen LogP contribution in [0.3, 0.4) is 0 Å². The Bertz CT molecular complexity index is 980. The number of carbonyl (C=O) groups excluding carboxylic acids is 1. The van der Waals surface area contributed by atoms with E-state index in [0.717, 1.165) is 4.88 Å². The molecule has 0 atom stereocenters. The van der Waals surface area contributed by atoms with Crippen LogP contribution < -0.4 is 10.0 Å². The fraction of sp³-hybridized carbons (Fsp3) is 0.118. The highest BCUT2D eigenvalue weighted by Crippen LogP contribution is 2.16. The first-order valence-corrected chi connectivity index (χ1v) is 9.95. The number of sulfonamides is 1. The van der Waals surface area contributed by atoms with Crippen molar-refractivity contribution in [2.45, 2.75) is 18.2 Å². The van der Waals surface area contributed by atoms with Gasteiger partial charge in [0.15, 0.2) is 5.76 Å². The molecule has 3 aromatic rings. The molecule has 0 bridgehead atoms. The summed E-state index contributed by atoms with van der Waals surface area (Å²) < 4.78 is 44.9. The van der Waals surface area contributed by atoms with Crippen molar-refractivity contribution in [3.05, 3.63) is 75.9 Å². The van der Waals surface area contributed by atoms with Crippen LogP contribution in [-0.4, -0.2) is 14.3 Å². The average molecular weight is 394 g/mol. The highest BCUT2D eigenvalue weighted by molar-refractivity contribution is 7.89. The first-order valence-electron chi connectivity index (χ1n) is 7.58. The third kappa shape index (κ3) is 4.57. The van der Waals surface area contributed by atoms with Crippen LogP contribution in [0, 0.1) is 5.82 Å². The fourth-order valence-electron chi connectivity index (χ4n) is 2.11. The maximum atomic E-state index is 12.9. The van der Waals surface area contributed by atoms with Crippen molar-refractivity contribution in [3.63, 3.8) is 0 Å². The normalized spacial score (nSPS) is 11.4. The van der Waals surface area contributed by atoms with Crippen LogP contribution in [-0.2, 0) is 23.1 Å². The number of hydrogen-bond donors (Lipinski definition) is 2. The van der Waals surface area contributed by atoms with Gasteiger partial charge in [-0.1, -0.05) is 18.2 Å². The van der Waals surface area contributed by atoms with Gasteiger partial charge in [0, 0.05) is 18.0 Å². The van der Waals surface area contributed by atoms with Gasteiger partial charge in [-0.25, -0.2) is 17.5 Å². The van der Waals surface area contributed by atoms with Crippen LogP contribution in [0.1, 0.15) is 21.0 Å². The van der Waals surface area contributed by atoms with Crippen molar-refractivity contribution in [1.82, 2.24) is 10.0 Å². The van der Waals surface area contributed by atoms with Crippen molar-refractivity contribution in [1.29, 1.82) is 0 Å². The Balaban J connectivity index is 1.60. The Hall–Kier alpha value is -2.49. The molecule has 3 rings (SSSR count). The Labute approximate surface area is 153 Å². The monoisotopic (exact) mass is 394 g/mol. The van der Waals surface area contributed by atoms with Gasteiger partial charge in [-0.3, -0.25) is 4.79 Å². The molecule has 136 valence electrons. The third-order valence-electron chi connectivity index (χ3n) is 3.45. The molecule has 0 saturated carbocycles. The number of benzene rings is 1. The zero-order chi connectivity index (χ0) is 18.6. The molecule has 0 saturated heterocycles. The predicted octanol–water partition coefficient (Wildman–Crippen LogP) is 2.89. The molecule has 2 heterocycles. The van der Waals surface area contributed by atoms with Gasteiger partial charge in [-0.2, -0.15) is 0 Å². The van der Waals surface area contributed by atoms with E-state index < -0.39 is 15.9 Å². The first kappa shape index (κ1) is 18.3. The number of rotatable bonds is 7. The summed E-state index contributed by atoms with van der Waals surface area (Å²) in [4.78, 5) is 12.9. The topological polar surface area (TPSA) is 88.4 Å². The molecule has 0 aliphatic rings. The van der Waals surface area contributed by atoms with E-state index in [9.17, 15) is 17.6 Å². The zero-order valence-corrected chi connectivity index (χ0v) is 15.1. The van der Waals surface area contributed by atoms with Crippen LogP contribution in [0.2, 0.25) is 0 Å². The first-order chi connectivity index (χ1) is 12.4. The van der Waals surface area contributed by atoms with Crippen LogP contribution in [0.25, 0.3) is 0 Å². The molecule has 9 heteroatoms. The minimum Gasteiger partial charge on any atom is -0.438 e. The van der Waals surface area contributed by atoms with Gasteiger partial charge in [0.2, 0.25) is 5.09 Å². The molecule has 0 aliphatic carbocycles. The smallest absolute Gasteiger partial charge is 0.287 e. The Morgan fingerprint density at radius 3 is 2.54 bits per heavy atom. The molecule has 6 nitrogen and oxygen atoms in total. The van der Waals surface area contributed by atoms with Crippen LogP contribution >= 0.6 is 11.3 Å². The zero-order valence-electron chi connectivity index (χ0n) is 13.4. The summed E-state index contributed by atoms with van der Waals surface area (Å²) in [6, 6.07) is 11.8. The number of furan rings is 1. The van der Waals surface area contributed by atoms with Gasteiger partial charge in [0.05, 0.1) is 0 Å². The molecular formula is C17H15FN2O4S2. The van der Waals surface area contributed by atoms with Crippen molar-refractivity contribution < 1.29 is 22.0 Å². The lowest BCUT2D eigenvalue weighted by Gasteiger charge is -2.04. The molecule has 0 spiro atoms. The summed E-state index contributed by atoms with van der Waals surface area (Å²) in [6.07, 6.45) is 0. The molecule has 2 N–H and O–H groups in total. The van der Waals surface area contributed by atoms with Gasteiger partial charge in [0.25, 0.3) is 15.9 Å². The van der Waals surface area contributed by atoms with Crippen LogP contribution in [0.4, 0.5) is 4.39 Å². The standard InChI is InChI=1S/C17H15FN2O4S2/c18-13-5-3-12(4-6-13)10-19-17(21)15-7-8-16(24-15)26(22,23)20-11-14-2-1-9-25-14/h1-9,20H,10-11H2,(H,19,21). The average Bonchev–Trinajstić information content (AvgIpc) is 3.31. The second-order valence-electron chi connectivity index (χ2n) is 5.33. The molecule has 1 amide bonds. The van der Waals surface area contributed by atoms with E-state index >= 15 is 0 Å². The minimum atomic E-state index is -3.85. The predicted molar refractivity (Wildman–Crippen MR) is 94.6 cm³/mol. The van der Waals surface area contributed by atoms with E-state index in [1.165, 1.54) is 35.6 Å². The SMILES string of the molecule is O=C(NCc1ccc(F)cc1)c1ccc(S(=O)(=O)NCc2cccs2)o1. The summed E-state index contributed by atoms with van der Waals surface area (Å²) in [6.45, 7) is 0.311. The van der Waals surface area contributed by atoms with Gasteiger partial charge < -0.3 is 9.73 Å². The summed E-state index contributed by atoms with van der Waals surface area (Å²) in [7, 11) is -3.85. The lowest BCUT2D eigenvalue weighted by atomic mass is 10.2. The summed E-state index contributed by atoms with van der Waals surface area (Å²) in [5.74, 6) is -1.05. The maximum absolute atomic E-state index is 12.9. The van der Waals surface area contributed by atoms with Gasteiger partial charge >= 0.3 is 0 Å². The molecule has 0 fully saturated rings. The van der Waals surface area contributed by atoms with E-state index in [1.54, 1.807) is 12.1 Å². The van der Waals surface area contributed by atoms with Gasteiger partial charge in [-0.15, -0.1) is 11.3 Å². The summed E-state index contributed by atoms with van der Waals surface area (Å²) >= 11 is 1.43. The van der Waals surface area contributed by atoms with Crippen LogP contribution in [0.15, 0.2) is 63.4 Å². The van der Waals surface area contributed by atoms with E-state index in [2.05, 4.69) is 10.0 Å². The molecule has 0 unspecified atom stereocenters. The van der Waals surface area contributed by atoms with Gasteiger partial charge in [-0.05, 0) is 41.3 Å². The van der Waals surface area contributed by atoms with E-state index in [-0.39, 0.29) is 29.8 Å². The quantitative estimate of drug-likeness (QED) is 0.645. The summed E-state index contributed by atoms with van der Waals surface area (Å²) in [5, 5.41) is 4.10. The fourth-order valence-corrected chi connectivity index (χ4v) is 3.78. The maximum Gasteiger partial charge on any atom is 0.287 e. The summed E-state index contributed by atoms with van der Waals surface area (Å²) in [5.41, 5.74) is 0.705. The lowest BCUT2D eigenvalue weighted by molar-refractivity contribution is 0.0918. The van der Waals surface area contributed by atoms with Crippen molar-refractivity contribution >= 4 is 27.3 Å². The van der Waals surface area contributed by atoms with Crippen molar-refractivity contribution in [2.75, 3.05) is 0 Å². The number of thiophene rings is 1. The molecular weight excluding hydrogens is 379 g/mol. The number of halogens is 1. The molecule has 2 aromatic heterocycles. The number of nitrogens with one attached hydrogen (secondary N) is 2. The highest BCUT2D eigenvalue weighted by Gasteiger charge is 2.21. The van der Waals surface area contributed by atoms with E-state index in [0.29, 0.717) is 5.56 Å². The Morgan fingerprint density at radius 2 is 1.85 bits per heavy atom. The van der Waals surface area contributed by atoms with Crippen molar-refractivity contribution in [2.24, 2.45) is 0 Å². The number of carbonyl (C=O) groups is 1. The van der Waals surface area contributed by atoms with Crippen LogP contribution in [0.5, 0.6) is 0 Å². The second kappa shape index (κ2) is 7.81. The Kier molecular flexibility index (Phi) is 5.50. The second-order valence-corrected chi connectivity index (χ2v) is 8.06. The van der Waals surface area contributed by atoms with E-state index in [4.69, 9.17) is 4.42 Å². The van der Waals surface area contributed by atoms with E-state index in [1.807, 2.05) is 17.5 Å². The molecule has 1 aromatic carbocycles. The number of amides is 1. The van der Waals surface area contributed by atoms with Gasteiger partial charge in [0.1, 0.15) is 5.82 Å². The molecule has 0 radical (unpaired) electrons. The Morgan fingerprint density at radius 1 is 1.08 bits per heavy atom. The molecule has 26 heavy (non-hydrogen) atoms. The lowest BCUT2D eigenvalue weighted by Crippen LogP contribution is -2.23. The minimum absolute atomic E-state index is 0.122. The van der Waals surface area contributed by atoms with Crippen molar-refractivity contribution in [3.8, 4) is 0 Å². The molecule has 0 aliphatic heterocycles.